The molecule has 3 rings (SSSR count). The van der Waals surface area contributed by atoms with Gasteiger partial charge in [0.05, 0.1) is 13.7 Å². The second-order valence-electron chi connectivity index (χ2n) is 6.61. The number of aryl methyl sites for hydroxylation is 1. The van der Waals surface area contributed by atoms with Crippen LogP contribution in [-0.2, 0) is 16.8 Å². The molecule has 1 amide bonds. The van der Waals surface area contributed by atoms with Crippen LogP contribution in [0.15, 0.2) is 18.2 Å². The molecule has 0 spiro atoms. The van der Waals surface area contributed by atoms with Gasteiger partial charge in [0.15, 0.2) is 0 Å². The van der Waals surface area contributed by atoms with Crippen LogP contribution in [-0.4, -0.2) is 24.7 Å². The van der Waals surface area contributed by atoms with Crippen LogP contribution >= 0.6 is 0 Å². The van der Waals surface area contributed by atoms with Crippen LogP contribution in [0, 0.1) is 5.92 Å². The van der Waals surface area contributed by atoms with E-state index in [1.54, 1.807) is 7.11 Å². The second kappa shape index (κ2) is 6.29. The number of ether oxygens (including phenoxy) is 1. The van der Waals surface area contributed by atoms with Crippen molar-refractivity contribution in [3.63, 3.8) is 0 Å². The first-order valence-corrected chi connectivity index (χ1v) is 8.30. The Morgan fingerprint density at radius 1 is 1.36 bits per heavy atom. The summed E-state index contributed by atoms with van der Waals surface area (Å²) in [5, 5.41) is 14.0. The van der Waals surface area contributed by atoms with E-state index in [1.165, 1.54) is 0 Å². The Morgan fingerprint density at radius 3 is 2.86 bits per heavy atom. The lowest BCUT2D eigenvalue weighted by atomic mass is 9.79. The van der Waals surface area contributed by atoms with Gasteiger partial charge in [0.2, 0.25) is 5.91 Å². The molecule has 1 saturated carbocycles. The van der Waals surface area contributed by atoms with E-state index in [0.29, 0.717) is 13.0 Å². The summed E-state index contributed by atoms with van der Waals surface area (Å²) >= 11 is 0. The number of fused-ring (bicyclic) bond motifs is 1. The van der Waals surface area contributed by atoms with Gasteiger partial charge in [-0.3, -0.25) is 4.79 Å². The van der Waals surface area contributed by atoms with Crippen molar-refractivity contribution in [2.45, 2.75) is 50.5 Å². The number of hydrogen-bond acceptors (Lipinski definition) is 3. The van der Waals surface area contributed by atoms with Crippen LogP contribution in [0.3, 0.4) is 0 Å². The highest BCUT2D eigenvalue weighted by atomic mass is 16.5. The summed E-state index contributed by atoms with van der Waals surface area (Å²) < 4.78 is 5.26. The van der Waals surface area contributed by atoms with Crippen molar-refractivity contribution in [1.82, 2.24) is 5.32 Å². The zero-order valence-electron chi connectivity index (χ0n) is 13.2. The molecule has 0 aromatic heterocycles. The minimum absolute atomic E-state index is 0.103. The maximum atomic E-state index is 12.2. The smallest absolute Gasteiger partial charge is 0.223 e. The molecule has 1 aromatic carbocycles. The van der Waals surface area contributed by atoms with Crippen molar-refractivity contribution < 1.29 is 14.6 Å². The summed E-state index contributed by atoms with van der Waals surface area (Å²) in [7, 11) is 1.65. The first-order chi connectivity index (χ1) is 10.6. The molecule has 4 nitrogen and oxygen atoms in total. The molecule has 22 heavy (non-hydrogen) atoms. The lowest BCUT2D eigenvalue weighted by molar-refractivity contribution is -0.126. The zero-order valence-corrected chi connectivity index (χ0v) is 13.2. The molecule has 4 heteroatoms. The highest BCUT2D eigenvalue weighted by molar-refractivity contribution is 5.79. The fourth-order valence-corrected chi connectivity index (χ4v) is 3.81. The molecule has 0 saturated heterocycles. The van der Waals surface area contributed by atoms with Gasteiger partial charge < -0.3 is 15.2 Å². The van der Waals surface area contributed by atoms with Crippen molar-refractivity contribution >= 4 is 5.91 Å². The third-order valence-electron chi connectivity index (χ3n) is 5.13. The lowest BCUT2D eigenvalue weighted by Gasteiger charge is -2.35. The van der Waals surface area contributed by atoms with Gasteiger partial charge in [-0.05, 0) is 55.4 Å². The monoisotopic (exact) mass is 303 g/mol. The number of benzene rings is 1. The number of rotatable bonds is 4. The van der Waals surface area contributed by atoms with E-state index in [9.17, 15) is 9.90 Å². The van der Waals surface area contributed by atoms with Gasteiger partial charge in [0.1, 0.15) is 11.4 Å². The predicted molar refractivity (Wildman–Crippen MR) is 84.8 cm³/mol. The summed E-state index contributed by atoms with van der Waals surface area (Å²) in [4.78, 5) is 12.2. The molecule has 2 N–H and O–H groups in total. The van der Waals surface area contributed by atoms with Crippen LogP contribution in [0.4, 0.5) is 0 Å². The molecular formula is C18H25NO3. The van der Waals surface area contributed by atoms with Crippen molar-refractivity contribution in [3.05, 3.63) is 29.3 Å². The topological polar surface area (TPSA) is 58.6 Å². The van der Waals surface area contributed by atoms with E-state index < -0.39 is 5.60 Å². The average Bonchev–Trinajstić information content (AvgIpc) is 3.07. The van der Waals surface area contributed by atoms with Crippen LogP contribution in [0.2, 0.25) is 0 Å². The van der Waals surface area contributed by atoms with E-state index >= 15 is 0 Å². The van der Waals surface area contributed by atoms with Crippen molar-refractivity contribution in [1.29, 1.82) is 0 Å². The molecule has 0 bridgehead atoms. The maximum absolute atomic E-state index is 12.2. The molecule has 2 aliphatic rings. The molecule has 1 atom stereocenters. The lowest BCUT2D eigenvalue weighted by Crippen LogP contribution is -2.44. The average molecular weight is 303 g/mol. The predicted octanol–water partition coefficient (Wildman–Crippen LogP) is 2.53. The molecule has 1 unspecified atom stereocenters. The Hall–Kier alpha value is -1.55. The van der Waals surface area contributed by atoms with E-state index in [1.807, 2.05) is 18.2 Å². The van der Waals surface area contributed by atoms with Crippen molar-refractivity contribution in [3.8, 4) is 5.75 Å². The molecule has 0 heterocycles. The molecule has 2 aliphatic carbocycles. The highest BCUT2D eigenvalue weighted by Gasteiger charge is 2.35. The first-order valence-electron chi connectivity index (χ1n) is 8.30. The third kappa shape index (κ3) is 2.98. The second-order valence-corrected chi connectivity index (χ2v) is 6.61. The molecule has 0 radical (unpaired) electrons. The summed E-state index contributed by atoms with van der Waals surface area (Å²) in [5.41, 5.74) is 1.11. The fourth-order valence-electron chi connectivity index (χ4n) is 3.81. The van der Waals surface area contributed by atoms with Crippen LogP contribution in [0.25, 0.3) is 0 Å². The van der Waals surface area contributed by atoms with Gasteiger partial charge >= 0.3 is 0 Å². The largest absolute Gasteiger partial charge is 0.497 e. The SMILES string of the molecule is COc1ccc2c(c1)CCCC2(O)CNC(=O)C1CCCC1. The van der Waals surface area contributed by atoms with E-state index in [2.05, 4.69) is 5.32 Å². The quantitative estimate of drug-likeness (QED) is 0.898. The Labute approximate surface area is 131 Å². The van der Waals surface area contributed by atoms with Gasteiger partial charge in [0, 0.05) is 5.92 Å². The number of hydrogen-bond donors (Lipinski definition) is 2. The van der Waals surface area contributed by atoms with Crippen molar-refractivity contribution in [2.75, 3.05) is 13.7 Å². The zero-order chi connectivity index (χ0) is 15.6. The van der Waals surface area contributed by atoms with Crippen LogP contribution in [0.1, 0.15) is 49.7 Å². The third-order valence-corrected chi connectivity index (χ3v) is 5.13. The number of aliphatic hydroxyl groups is 1. The fraction of sp³-hybridized carbons (Fsp3) is 0.611. The molecule has 1 fully saturated rings. The van der Waals surface area contributed by atoms with Gasteiger partial charge in [0.25, 0.3) is 0 Å². The number of carbonyl (C=O) groups is 1. The highest BCUT2D eigenvalue weighted by Crippen LogP contribution is 2.36. The molecule has 0 aliphatic heterocycles. The number of nitrogens with one attached hydrogen (secondary N) is 1. The number of methoxy groups -OCH3 is 1. The van der Waals surface area contributed by atoms with E-state index in [-0.39, 0.29) is 11.8 Å². The first kappa shape index (κ1) is 15.3. The van der Waals surface area contributed by atoms with Gasteiger partial charge in [-0.15, -0.1) is 0 Å². The normalized spacial score (nSPS) is 24.8. The minimum atomic E-state index is -0.950. The van der Waals surface area contributed by atoms with Crippen LogP contribution < -0.4 is 10.1 Å². The molecule has 120 valence electrons. The van der Waals surface area contributed by atoms with Crippen LogP contribution in [0.5, 0.6) is 5.75 Å². The number of carbonyl (C=O) groups excluding carboxylic acids is 1. The Balaban J connectivity index is 1.72. The Bertz CT molecular complexity index is 551. The molecule has 1 aromatic rings. The Morgan fingerprint density at radius 2 is 2.14 bits per heavy atom. The maximum Gasteiger partial charge on any atom is 0.223 e. The molecular weight excluding hydrogens is 278 g/mol. The standard InChI is InChI=1S/C18H25NO3/c1-22-15-8-9-16-14(11-15)7-4-10-18(16,21)12-19-17(20)13-5-2-3-6-13/h8-9,11,13,21H,2-7,10,12H2,1H3,(H,19,20). The summed E-state index contributed by atoms with van der Waals surface area (Å²) in [6, 6.07) is 5.82. The van der Waals surface area contributed by atoms with E-state index in [4.69, 9.17) is 4.74 Å². The van der Waals surface area contributed by atoms with Crippen molar-refractivity contribution in [2.24, 2.45) is 5.92 Å². The minimum Gasteiger partial charge on any atom is -0.497 e. The van der Waals surface area contributed by atoms with Gasteiger partial charge in [-0.25, -0.2) is 0 Å². The summed E-state index contributed by atoms with van der Waals surface area (Å²) in [6.45, 7) is 0.307. The van der Waals surface area contributed by atoms with E-state index in [0.717, 1.165) is 55.4 Å². The van der Waals surface area contributed by atoms with Gasteiger partial charge in [-0.2, -0.15) is 0 Å². The summed E-state index contributed by atoms with van der Waals surface area (Å²) in [6.07, 6.45) is 6.82. The Kier molecular flexibility index (Phi) is 4.39. The number of amides is 1. The summed E-state index contributed by atoms with van der Waals surface area (Å²) in [5.74, 6) is 1.06. The van der Waals surface area contributed by atoms with Gasteiger partial charge in [-0.1, -0.05) is 18.9 Å².